The number of nitrogens with zero attached hydrogens (tertiary/aromatic N) is 1. The lowest BCUT2D eigenvalue weighted by Gasteiger charge is -2.11. The molecule has 0 aromatic heterocycles. The molecule has 1 unspecified atom stereocenters. The summed E-state index contributed by atoms with van der Waals surface area (Å²) in [7, 11) is 0. The van der Waals surface area contributed by atoms with E-state index in [0.717, 1.165) is 18.7 Å². The normalized spacial score (nSPS) is 19.4. The van der Waals surface area contributed by atoms with E-state index >= 15 is 0 Å². The summed E-state index contributed by atoms with van der Waals surface area (Å²) in [5.41, 5.74) is 1.11. The third kappa shape index (κ3) is 3.51. The standard InChI is InChI=1S/C12H17N3O2/c16-15(17)12-5-1-3-10(7-12)8-13-9-11-4-2-6-14-11/h1,3,5,7,11,13-14H,2,4,6,8-9H2. The topological polar surface area (TPSA) is 67.2 Å². The lowest BCUT2D eigenvalue weighted by atomic mass is 10.2. The van der Waals surface area contributed by atoms with Gasteiger partial charge in [-0.25, -0.2) is 0 Å². The van der Waals surface area contributed by atoms with Crippen LogP contribution in [0.15, 0.2) is 24.3 Å². The Morgan fingerprint density at radius 1 is 1.53 bits per heavy atom. The first-order chi connectivity index (χ1) is 8.25. The van der Waals surface area contributed by atoms with Gasteiger partial charge in [-0.15, -0.1) is 0 Å². The molecule has 0 spiro atoms. The summed E-state index contributed by atoms with van der Waals surface area (Å²) in [5, 5.41) is 17.3. The molecule has 2 rings (SSSR count). The first-order valence-corrected chi connectivity index (χ1v) is 5.93. The molecule has 1 aromatic rings. The number of hydrogen-bond acceptors (Lipinski definition) is 4. The van der Waals surface area contributed by atoms with Crippen molar-refractivity contribution in [3.63, 3.8) is 0 Å². The van der Waals surface area contributed by atoms with Crippen LogP contribution in [-0.4, -0.2) is 24.1 Å². The van der Waals surface area contributed by atoms with Gasteiger partial charge < -0.3 is 10.6 Å². The molecule has 0 bridgehead atoms. The molecule has 17 heavy (non-hydrogen) atoms. The SMILES string of the molecule is O=[N+]([O-])c1cccc(CNCC2CCCN2)c1. The molecule has 0 amide bonds. The Labute approximate surface area is 100 Å². The van der Waals surface area contributed by atoms with Crippen LogP contribution in [0.5, 0.6) is 0 Å². The fourth-order valence-electron chi connectivity index (χ4n) is 2.10. The van der Waals surface area contributed by atoms with Gasteiger partial charge in [0.1, 0.15) is 0 Å². The van der Waals surface area contributed by atoms with E-state index in [1.54, 1.807) is 12.1 Å². The average molecular weight is 235 g/mol. The van der Waals surface area contributed by atoms with Gasteiger partial charge in [0, 0.05) is 31.3 Å². The molecule has 5 nitrogen and oxygen atoms in total. The Balaban J connectivity index is 1.81. The molecular weight excluding hydrogens is 218 g/mol. The highest BCUT2D eigenvalue weighted by atomic mass is 16.6. The number of non-ortho nitro benzene ring substituents is 1. The Morgan fingerprint density at radius 2 is 2.41 bits per heavy atom. The highest BCUT2D eigenvalue weighted by molar-refractivity contribution is 5.34. The molecular formula is C12H17N3O2. The van der Waals surface area contributed by atoms with Crippen molar-refractivity contribution < 1.29 is 4.92 Å². The predicted molar refractivity (Wildman–Crippen MR) is 65.8 cm³/mol. The molecule has 1 heterocycles. The summed E-state index contributed by atoms with van der Waals surface area (Å²) in [5.74, 6) is 0. The monoisotopic (exact) mass is 235 g/mol. The van der Waals surface area contributed by atoms with Crippen LogP contribution in [0, 0.1) is 10.1 Å². The molecule has 0 aliphatic carbocycles. The third-order valence-corrected chi connectivity index (χ3v) is 3.00. The van der Waals surface area contributed by atoms with Crippen LogP contribution < -0.4 is 10.6 Å². The Hall–Kier alpha value is -1.46. The van der Waals surface area contributed by atoms with E-state index in [1.807, 2.05) is 6.07 Å². The van der Waals surface area contributed by atoms with Gasteiger partial charge in [-0.1, -0.05) is 12.1 Å². The fraction of sp³-hybridized carbons (Fsp3) is 0.500. The van der Waals surface area contributed by atoms with Gasteiger partial charge in [-0.3, -0.25) is 10.1 Å². The van der Waals surface area contributed by atoms with Crippen LogP contribution in [-0.2, 0) is 6.54 Å². The summed E-state index contributed by atoms with van der Waals surface area (Å²) in [6.45, 7) is 2.70. The maximum Gasteiger partial charge on any atom is 0.269 e. The largest absolute Gasteiger partial charge is 0.313 e. The maximum atomic E-state index is 10.6. The van der Waals surface area contributed by atoms with Crippen LogP contribution in [0.1, 0.15) is 18.4 Å². The fourth-order valence-corrected chi connectivity index (χ4v) is 2.10. The summed E-state index contributed by atoms with van der Waals surface area (Å²) in [6, 6.07) is 7.32. The van der Waals surface area contributed by atoms with Gasteiger partial charge in [-0.2, -0.15) is 0 Å². The number of nitro benzene ring substituents is 1. The van der Waals surface area contributed by atoms with Crippen molar-refractivity contribution in [3.05, 3.63) is 39.9 Å². The van der Waals surface area contributed by atoms with Gasteiger partial charge >= 0.3 is 0 Å². The Morgan fingerprint density at radius 3 is 3.12 bits per heavy atom. The van der Waals surface area contributed by atoms with E-state index < -0.39 is 0 Å². The van der Waals surface area contributed by atoms with Crippen molar-refractivity contribution in [3.8, 4) is 0 Å². The second-order valence-electron chi connectivity index (χ2n) is 4.35. The molecule has 1 atom stereocenters. The second-order valence-corrected chi connectivity index (χ2v) is 4.35. The van der Waals surface area contributed by atoms with Crippen molar-refractivity contribution in [2.75, 3.05) is 13.1 Å². The Bertz CT molecular complexity index is 389. The minimum Gasteiger partial charge on any atom is -0.313 e. The number of nitrogens with one attached hydrogen (secondary N) is 2. The van der Waals surface area contributed by atoms with E-state index in [-0.39, 0.29) is 10.6 Å². The van der Waals surface area contributed by atoms with Gasteiger partial charge in [0.25, 0.3) is 5.69 Å². The number of rotatable bonds is 5. The van der Waals surface area contributed by atoms with Crippen LogP contribution in [0.4, 0.5) is 5.69 Å². The van der Waals surface area contributed by atoms with Crippen LogP contribution >= 0.6 is 0 Å². The summed E-state index contributed by atoms with van der Waals surface area (Å²) < 4.78 is 0. The number of benzene rings is 1. The first-order valence-electron chi connectivity index (χ1n) is 5.93. The molecule has 1 aliphatic heterocycles. The van der Waals surface area contributed by atoms with E-state index in [0.29, 0.717) is 12.6 Å². The molecule has 2 N–H and O–H groups in total. The van der Waals surface area contributed by atoms with Gasteiger partial charge in [-0.05, 0) is 24.9 Å². The van der Waals surface area contributed by atoms with E-state index in [2.05, 4.69) is 10.6 Å². The van der Waals surface area contributed by atoms with Crippen LogP contribution in [0.3, 0.4) is 0 Å². The lowest BCUT2D eigenvalue weighted by molar-refractivity contribution is -0.384. The predicted octanol–water partition coefficient (Wildman–Crippen LogP) is 1.44. The van der Waals surface area contributed by atoms with Crippen molar-refractivity contribution in [1.29, 1.82) is 0 Å². The molecule has 5 heteroatoms. The zero-order valence-electron chi connectivity index (χ0n) is 9.69. The summed E-state index contributed by atoms with van der Waals surface area (Å²) in [4.78, 5) is 10.3. The number of hydrogen-bond donors (Lipinski definition) is 2. The minimum absolute atomic E-state index is 0.156. The van der Waals surface area contributed by atoms with Crippen molar-refractivity contribution in [2.45, 2.75) is 25.4 Å². The van der Waals surface area contributed by atoms with Gasteiger partial charge in [0.2, 0.25) is 0 Å². The van der Waals surface area contributed by atoms with Crippen molar-refractivity contribution in [1.82, 2.24) is 10.6 Å². The highest BCUT2D eigenvalue weighted by Gasteiger charge is 2.13. The molecule has 0 radical (unpaired) electrons. The first kappa shape index (κ1) is 12.0. The van der Waals surface area contributed by atoms with Crippen molar-refractivity contribution >= 4 is 5.69 Å². The van der Waals surface area contributed by atoms with Gasteiger partial charge in [0.05, 0.1) is 4.92 Å². The quantitative estimate of drug-likeness (QED) is 0.598. The highest BCUT2D eigenvalue weighted by Crippen LogP contribution is 2.12. The molecule has 1 fully saturated rings. The molecule has 1 aromatic carbocycles. The number of nitro groups is 1. The molecule has 92 valence electrons. The smallest absolute Gasteiger partial charge is 0.269 e. The van der Waals surface area contributed by atoms with Crippen LogP contribution in [0.2, 0.25) is 0 Å². The lowest BCUT2D eigenvalue weighted by Crippen LogP contribution is -2.33. The third-order valence-electron chi connectivity index (χ3n) is 3.00. The average Bonchev–Trinajstić information content (AvgIpc) is 2.82. The Kier molecular flexibility index (Phi) is 4.06. The summed E-state index contributed by atoms with van der Waals surface area (Å²) >= 11 is 0. The van der Waals surface area contributed by atoms with Crippen LogP contribution in [0.25, 0.3) is 0 Å². The van der Waals surface area contributed by atoms with E-state index in [4.69, 9.17) is 0 Å². The molecule has 1 aliphatic rings. The van der Waals surface area contributed by atoms with Gasteiger partial charge in [0.15, 0.2) is 0 Å². The zero-order chi connectivity index (χ0) is 12.1. The van der Waals surface area contributed by atoms with E-state index in [1.165, 1.54) is 18.9 Å². The van der Waals surface area contributed by atoms with E-state index in [9.17, 15) is 10.1 Å². The zero-order valence-corrected chi connectivity index (χ0v) is 9.69. The minimum atomic E-state index is -0.359. The maximum absolute atomic E-state index is 10.6. The molecule has 1 saturated heterocycles. The summed E-state index contributed by atoms with van der Waals surface area (Å²) in [6.07, 6.45) is 2.45. The second kappa shape index (κ2) is 5.75. The van der Waals surface area contributed by atoms with Crippen molar-refractivity contribution in [2.24, 2.45) is 0 Å². The molecule has 0 saturated carbocycles.